The van der Waals surface area contributed by atoms with Crippen LogP contribution in [0.25, 0.3) is 0 Å². The summed E-state index contributed by atoms with van der Waals surface area (Å²) in [6.45, 7) is 0. The molecule has 0 spiro atoms. The van der Waals surface area contributed by atoms with Crippen LogP contribution in [-0.2, 0) is 16.6 Å². The van der Waals surface area contributed by atoms with Crippen molar-refractivity contribution in [2.75, 3.05) is 0 Å². The minimum absolute atomic E-state index is 1.28. The average Bonchev–Trinajstić information content (AvgIpc) is 2.79. The molecule has 0 aromatic heterocycles. The van der Waals surface area contributed by atoms with Crippen molar-refractivity contribution < 1.29 is 75.8 Å². The Labute approximate surface area is 206 Å². The molecular formula is C20H11F15O2S. The van der Waals surface area contributed by atoms with Crippen LogP contribution >= 0.6 is 0 Å². The van der Waals surface area contributed by atoms with Crippen LogP contribution in [0.1, 0.15) is 0 Å². The molecule has 0 N–H and O–H groups in total. The summed E-state index contributed by atoms with van der Waals surface area (Å²) in [6, 6.07) is 21.0. The second-order valence-corrected chi connectivity index (χ2v) is 8.27. The van der Waals surface area contributed by atoms with Crippen molar-refractivity contribution in [1.29, 1.82) is 0 Å². The molecule has 0 amide bonds. The highest BCUT2D eigenvalue weighted by atomic mass is 32.2. The van der Waals surface area contributed by atoms with Crippen LogP contribution in [0.3, 0.4) is 0 Å². The quantitative estimate of drug-likeness (QED) is 0.211. The zero-order valence-corrected chi connectivity index (χ0v) is 18.6. The first kappa shape index (κ1) is 33.2. The van der Waals surface area contributed by atoms with Gasteiger partial charge in [0.25, 0.3) is 0 Å². The number of thiol groups is 1. The summed E-state index contributed by atoms with van der Waals surface area (Å²) < 4.78 is 186. The third-order valence-electron chi connectivity index (χ3n) is 4.35. The lowest BCUT2D eigenvalue weighted by molar-refractivity contribution is -0.454. The van der Waals surface area contributed by atoms with E-state index in [1.807, 2.05) is 12.1 Å². The summed E-state index contributed by atoms with van der Waals surface area (Å²) in [5.74, 6) is -53.3. The van der Waals surface area contributed by atoms with Crippen LogP contribution in [-0.4, -0.2) is 47.7 Å². The molecule has 0 saturated heterocycles. The number of aliphatic carboxylic acids is 1. The number of rotatable bonds is 8. The number of alkyl halides is 15. The molecular weight excluding hydrogens is 589 g/mol. The summed E-state index contributed by atoms with van der Waals surface area (Å²) in [7, 11) is 0. The molecule has 18 heteroatoms. The zero-order valence-electron chi connectivity index (χ0n) is 17.7. The topological polar surface area (TPSA) is 40.1 Å². The van der Waals surface area contributed by atoms with Gasteiger partial charge < -0.3 is 9.90 Å². The highest BCUT2D eigenvalue weighted by molar-refractivity contribution is 7.78. The molecule has 0 aliphatic carbocycles. The van der Waals surface area contributed by atoms with Crippen molar-refractivity contribution in [2.24, 2.45) is 0 Å². The van der Waals surface area contributed by atoms with Crippen LogP contribution in [0.15, 0.2) is 70.5 Å². The highest BCUT2D eigenvalue weighted by Gasteiger charge is 2.93. The van der Waals surface area contributed by atoms with Gasteiger partial charge in [-0.25, -0.2) is 0 Å². The number of hydrogen-bond donors (Lipinski definition) is 0. The van der Waals surface area contributed by atoms with E-state index in [2.05, 4.69) is 48.5 Å². The fourth-order valence-electron chi connectivity index (χ4n) is 2.25. The van der Waals surface area contributed by atoms with Crippen molar-refractivity contribution >= 4 is 17.7 Å². The predicted molar refractivity (Wildman–Crippen MR) is 98.9 cm³/mol. The fourth-order valence-corrected chi connectivity index (χ4v) is 3.19. The Kier molecular flexibility index (Phi) is 9.41. The molecule has 2 nitrogen and oxygen atoms in total. The molecule has 38 heavy (non-hydrogen) atoms. The van der Waals surface area contributed by atoms with Crippen LogP contribution in [0.4, 0.5) is 65.9 Å². The lowest BCUT2D eigenvalue weighted by Crippen LogP contribution is -2.74. The molecule has 0 bridgehead atoms. The van der Waals surface area contributed by atoms with E-state index in [9.17, 15) is 75.8 Å². The Balaban J connectivity index is 0.000000457. The van der Waals surface area contributed by atoms with Gasteiger partial charge in [0.15, 0.2) is 9.79 Å². The third kappa shape index (κ3) is 5.78. The Hall–Kier alpha value is -2.79. The minimum atomic E-state index is -8.50. The molecule has 0 heterocycles. The lowest BCUT2D eigenvalue weighted by atomic mass is 9.91. The SMILES string of the molecule is O=C([O-])C(F)(F)C(F)(F)C(F)(F)C(F)(F)C(F)(F)C(F)(F)C(F)(F)F.c1ccc([SH+]c2ccccc2)cc1. The van der Waals surface area contributed by atoms with Gasteiger partial charge in [-0.15, -0.1) is 0 Å². The molecule has 2 rings (SSSR count). The van der Waals surface area contributed by atoms with E-state index in [1.54, 1.807) is 0 Å². The maximum Gasteiger partial charge on any atom is 0.460 e. The van der Waals surface area contributed by atoms with Gasteiger partial charge in [-0.2, -0.15) is 65.9 Å². The van der Waals surface area contributed by atoms with Crippen LogP contribution < -0.4 is 5.11 Å². The van der Waals surface area contributed by atoms with E-state index in [0.717, 1.165) is 0 Å². The van der Waals surface area contributed by atoms with Gasteiger partial charge in [0.1, 0.15) is 5.97 Å². The molecule has 0 fully saturated rings. The molecule has 214 valence electrons. The van der Waals surface area contributed by atoms with Gasteiger partial charge in [-0.05, 0) is 24.3 Å². The Bertz CT molecular complexity index is 1030. The molecule has 2 aromatic rings. The second kappa shape index (κ2) is 10.8. The zero-order chi connectivity index (χ0) is 30.0. The van der Waals surface area contributed by atoms with E-state index in [1.165, 1.54) is 21.6 Å². The summed E-state index contributed by atoms with van der Waals surface area (Å²) in [4.78, 5) is 12.3. The lowest BCUT2D eigenvalue weighted by Gasteiger charge is -2.41. The van der Waals surface area contributed by atoms with Crippen molar-refractivity contribution in [1.82, 2.24) is 0 Å². The van der Waals surface area contributed by atoms with Gasteiger partial charge in [0.05, 0.1) is 0 Å². The van der Waals surface area contributed by atoms with E-state index >= 15 is 0 Å². The van der Waals surface area contributed by atoms with Gasteiger partial charge in [0.2, 0.25) is 0 Å². The third-order valence-corrected chi connectivity index (χ3v) is 5.47. The highest BCUT2D eigenvalue weighted by Crippen LogP contribution is 2.62. The van der Waals surface area contributed by atoms with Crippen molar-refractivity contribution in [3.05, 3.63) is 60.7 Å². The monoisotopic (exact) mass is 600 g/mol. The number of carboxylic acids is 1. The number of carbonyl (C=O) groups is 1. The molecule has 0 aliphatic heterocycles. The van der Waals surface area contributed by atoms with Gasteiger partial charge in [-0.1, -0.05) is 36.4 Å². The summed E-state index contributed by atoms with van der Waals surface area (Å²) in [5, 5.41) is 9.61. The van der Waals surface area contributed by atoms with Crippen LogP contribution in [0.2, 0.25) is 0 Å². The molecule has 0 saturated carbocycles. The summed E-state index contributed by atoms with van der Waals surface area (Å²) in [5.41, 5.74) is 0. The number of hydrogen-bond acceptors (Lipinski definition) is 2. The molecule has 0 atom stereocenters. The number of carboxylic acid groups (broad SMARTS) is 1. The normalized spacial score (nSPS) is 14.0. The Morgan fingerprint density at radius 3 is 1.08 bits per heavy atom. The molecule has 0 radical (unpaired) electrons. The van der Waals surface area contributed by atoms with Gasteiger partial charge in [-0.3, -0.25) is 0 Å². The first-order chi connectivity index (χ1) is 16.9. The number of benzene rings is 2. The number of carbonyl (C=O) groups excluding carboxylic acids is 1. The molecule has 2 aromatic carbocycles. The van der Waals surface area contributed by atoms with E-state index in [-0.39, 0.29) is 0 Å². The Morgan fingerprint density at radius 2 is 0.789 bits per heavy atom. The van der Waals surface area contributed by atoms with Crippen molar-refractivity contribution in [3.63, 3.8) is 0 Å². The fraction of sp³-hybridized carbons (Fsp3) is 0.350. The molecule has 0 aliphatic rings. The minimum Gasteiger partial charge on any atom is -0.544 e. The smallest absolute Gasteiger partial charge is 0.460 e. The standard InChI is InChI=1S/C12H10S.C8HF15O2/c1-3-7-11(8-4-1)13-12-9-5-2-6-10-12;9-2(10,1(24)25)3(11,12)4(13,14)5(15,16)6(17,18)7(19,20)8(21,22)23/h1-10H;(H,24,25). The predicted octanol–water partition coefficient (Wildman–Crippen LogP) is 6.03. The summed E-state index contributed by atoms with van der Waals surface area (Å²) >= 11 is 1.28. The second-order valence-electron chi connectivity index (χ2n) is 7.01. The van der Waals surface area contributed by atoms with E-state index in [0.29, 0.717) is 0 Å². The number of halogens is 15. The average molecular weight is 600 g/mol. The Morgan fingerprint density at radius 1 is 0.500 bits per heavy atom. The van der Waals surface area contributed by atoms with E-state index < -0.39 is 47.7 Å². The maximum atomic E-state index is 12.8. The van der Waals surface area contributed by atoms with E-state index in [4.69, 9.17) is 0 Å². The first-order valence-electron chi connectivity index (χ1n) is 9.26. The van der Waals surface area contributed by atoms with Gasteiger partial charge >= 0.3 is 41.7 Å². The largest absolute Gasteiger partial charge is 0.544 e. The van der Waals surface area contributed by atoms with Crippen molar-refractivity contribution in [3.8, 4) is 0 Å². The van der Waals surface area contributed by atoms with Crippen molar-refractivity contribution in [2.45, 2.75) is 51.5 Å². The molecule has 0 unspecified atom stereocenters. The summed E-state index contributed by atoms with van der Waals surface area (Å²) in [6.07, 6.45) is -7.71. The van der Waals surface area contributed by atoms with Crippen LogP contribution in [0.5, 0.6) is 0 Å². The maximum absolute atomic E-state index is 12.8. The first-order valence-corrected chi connectivity index (χ1v) is 10.2. The van der Waals surface area contributed by atoms with Gasteiger partial charge in [0, 0.05) is 11.8 Å². The van der Waals surface area contributed by atoms with Crippen LogP contribution in [0, 0.1) is 0 Å².